The maximum Gasteiger partial charge on any atom is 0.230 e. The van der Waals surface area contributed by atoms with Crippen LogP contribution in [0.3, 0.4) is 0 Å². The van der Waals surface area contributed by atoms with Crippen LogP contribution in [0.15, 0.2) is 24.3 Å². The monoisotopic (exact) mass is 322 g/mol. The van der Waals surface area contributed by atoms with Crippen LogP contribution in [0, 0.1) is 0 Å². The van der Waals surface area contributed by atoms with Gasteiger partial charge in [-0.2, -0.15) is 0 Å². The average molecular weight is 323 g/mol. The Morgan fingerprint density at radius 2 is 1.95 bits per heavy atom. The molecule has 1 aromatic rings. The zero-order valence-electron chi connectivity index (χ0n) is 10.9. The molecule has 2 N–H and O–H groups in total. The van der Waals surface area contributed by atoms with Gasteiger partial charge in [-0.3, -0.25) is 4.79 Å². The van der Waals surface area contributed by atoms with Crippen molar-refractivity contribution in [2.45, 2.75) is 12.7 Å². The molecule has 0 saturated heterocycles. The minimum Gasteiger partial charge on any atom is -0.354 e. The lowest BCUT2D eigenvalue weighted by Crippen LogP contribution is -2.32. The number of benzene rings is 1. The van der Waals surface area contributed by atoms with Gasteiger partial charge in [-0.05, 0) is 24.2 Å². The molecule has 0 heterocycles. The van der Waals surface area contributed by atoms with Crippen molar-refractivity contribution in [1.82, 2.24) is 10.6 Å². The van der Waals surface area contributed by atoms with Gasteiger partial charge in [0.2, 0.25) is 5.91 Å². The van der Waals surface area contributed by atoms with Crippen molar-refractivity contribution >= 4 is 41.7 Å². The topological polar surface area (TPSA) is 41.1 Å². The summed E-state index contributed by atoms with van der Waals surface area (Å²) in [4.78, 5) is 11.5. The summed E-state index contributed by atoms with van der Waals surface area (Å²) in [5, 5.41) is 6.77. The van der Waals surface area contributed by atoms with Crippen molar-refractivity contribution in [2.75, 3.05) is 25.4 Å². The van der Waals surface area contributed by atoms with Gasteiger partial charge in [0, 0.05) is 23.9 Å². The Kier molecular flexibility index (Phi) is 11.2. The molecule has 0 bridgehead atoms. The van der Waals surface area contributed by atoms with E-state index in [2.05, 4.69) is 10.6 Å². The molecule has 0 fully saturated rings. The summed E-state index contributed by atoms with van der Waals surface area (Å²) in [5.74, 6) is 1.42. The fourth-order valence-corrected chi connectivity index (χ4v) is 2.30. The molecular weight excluding hydrogens is 303 g/mol. The molecule has 6 heteroatoms. The van der Waals surface area contributed by atoms with Crippen LogP contribution in [-0.4, -0.2) is 31.3 Å². The van der Waals surface area contributed by atoms with Crippen LogP contribution in [0.2, 0.25) is 5.02 Å². The molecule has 0 aliphatic rings. The SMILES string of the molecule is CCNCCNC(=O)CSCc1ccc(Cl)cc1.Cl. The first-order valence-corrected chi connectivity index (χ1v) is 7.55. The predicted molar refractivity (Wildman–Crippen MR) is 86.4 cm³/mol. The van der Waals surface area contributed by atoms with E-state index in [1.165, 1.54) is 5.56 Å². The van der Waals surface area contributed by atoms with E-state index < -0.39 is 0 Å². The zero-order valence-corrected chi connectivity index (χ0v) is 13.3. The quantitative estimate of drug-likeness (QED) is 0.723. The summed E-state index contributed by atoms with van der Waals surface area (Å²) in [5.41, 5.74) is 1.19. The highest BCUT2D eigenvalue weighted by molar-refractivity contribution is 7.99. The Labute approximate surface area is 130 Å². The van der Waals surface area contributed by atoms with Crippen molar-refractivity contribution in [2.24, 2.45) is 0 Å². The maximum absolute atomic E-state index is 11.5. The van der Waals surface area contributed by atoms with Gasteiger partial charge in [0.05, 0.1) is 5.75 Å². The smallest absolute Gasteiger partial charge is 0.230 e. The van der Waals surface area contributed by atoms with E-state index in [0.29, 0.717) is 12.3 Å². The highest BCUT2D eigenvalue weighted by Gasteiger charge is 2.01. The number of carbonyl (C=O) groups is 1. The van der Waals surface area contributed by atoms with E-state index >= 15 is 0 Å². The fourth-order valence-electron chi connectivity index (χ4n) is 1.36. The predicted octanol–water partition coefficient (Wildman–Crippen LogP) is 2.72. The maximum atomic E-state index is 11.5. The largest absolute Gasteiger partial charge is 0.354 e. The number of amides is 1. The molecule has 1 aromatic carbocycles. The van der Waals surface area contributed by atoms with Gasteiger partial charge in [-0.1, -0.05) is 30.7 Å². The van der Waals surface area contributed by atoms with E-state index in [9.17, 15) is 4.79 Å². The van der Waals surface area contributed by atoms with Gasteiger partial charge in [0.15, 0.2) is 0 Å². The molecule has 0 aliphatic carbocycles. The Balaban J connectivity index is 0.00000324. The Morgan fingerprint density at radius 1 is 1.26 bits per heavy atom. The normalized spacial score (nSPS) is 9.79. The van der Waals surface area contributed by atoms with Crippen LogP contribution < -0.4 is 10.6 Å². The molecule has 0 radical (unpaired) electrons. The Morgan fingerprint density at radius 3 is 2.58 bits per heavy atom. The number of hydrogen-bond donors (Lipinski definition) is 2. The van der Waals surface area contributed by atoms with Crippen molar-refractivity contribution in [3.05, 3.63) is 34.9 Å². The number of likely N-dealkylation sites (N-methyl/N-ethyl adjacent to an activating group) is 1. The van der Waals surface area contributed by atoms with Gasteiger partial charge >= 0.3 is 0 Å². The van der Waals surface area contributed by atoms with Gasteiger partial charge in [0.1, 0.15) is 0 Å². The second-order valence-electron chi connectivity index (χ2n) is 3.82. The number of nitrogens with one attached hydrogen (secondary N) is 2. The van der Waals surface area contributed by atoms with Crippen LogP contribution >= 0.6 is 35.8 Å². The lowest BCUT2D eigenvalue weighted by atomic mass is 10.2. The van der Waals surface area contributed by atoms with Crippen LogP contribution in [0.1, 0.15) is 12.5 Å². The van der Waals surface area contributed by atoms with Crippen LogP contribution in [-0.2, 0) is 10.5 Å². The third-order valence-corrected chi connectivity index (χ3v) is 3.54. The zero-order chi connectivity index (χ0) is 13.2. The number of halogens is 2. The summed E-state index contributed by atoms with van der Waals surface area (Å²) in [6.07, 6.45) is 0. The molecular formula is C13H20Cl2N2OS. The van der Waals surface area contributed by atoms with Gasteiger partial charge in [-0.25, -0.2) is 0 Å². The van der Waals surface area contributed by atoms with Crippen LogP contribution in [0.25, 0.3) is 0 Å². The first-order chi connectivity index (χ1) is 8.72. The molecule has 19 heavy (non-hydrogen) atoms. The van der Waals surface area contributed by atoms with Crippen molar-refractivity contribution in [3.8, 4) is 0 Å². The molecule has 1 rings (SSSR count). The highest BCUT2D eigenvalue weighted by Crippen LogP contribution is 2.15. The average Bonchev–Trinajstić information content (AvgIpc) is 2.37. The highest BCUT2D eigenvalue weighted by atomic mass is 35.5. The molecule has 0 aromatic heterocycles. The lowest BCUT2D eigenvalue weighted by Gasteiger charge is -2.05. The summed E-state index contributed by atoms with van der Waals surface area (Å²) in [6, 6.07) is 7.71. The fraction of sp³-hybridized carbons (Fsp3) is 0.462. The van der Waals surface area contributed by atoms with E-state index in [0.717, 1.165) is 23.9 Å². The van der Waals surface area contributed by atoms with Crippen LogP contribution in [0.5, 0.6) is 0 Å². The first-order valence-electron chi connectivity index (χ1n) is 6.02. The third kappa shape index (κ3) is 9.16. The first kappa shape index (κ1) is 18.6. The molecule has 3 nitrogen and oxygen atoms in total. The number of carbonyl (C=O) groups excluding carboxylic acids is 1. The Hall–Kier alpha value is -0.420. The standard InChI is InChI=1S/C13H19ClN2OS.ClH/c1-2-15-7-8-16-13(17)10-18-9-11-3-5-12(14)6-4-11;/h3-6,15H,2,7-10H2,1H3,(H,16,17);1H. The van der Waals surface area contributed by atoms with Crippen LogP contribution in [0.4, 0.5) is 0 Å². The van der Waals surface area contributed by atoms with E-state index in [4.69, 9.17) is 11.6 Å². The molecule has 1 amide bonds. The molecule has 0 saturated carbocycles. The van der Waals surface area contributed by atoms with Crippen molar-refractivity contribution < 1.29 is 4.79 Å². The Bertz CT molecular complexity index is 360. The van der Waals surface area contributed by atoms with Crippen molar-refractivity contribution in [1.29, 1.82) is 0 Å². The van der Waals surface area contributed by atoms with Gasteiger partial charge in [-0.15, -0.1) is 24.2 Å². The van der Waals surface area contributed by atoms with E-state index in [-0.39, 0.29) is 18.3 Å². The molecule has 0 aliphatic heterocycles. The number of thioether (sulfide) groups is 1. The minimum atomic E-state index is 0. The van der Waals surface area contributed by atoms with E-state index in [1.54, 1.807) is 11.8 Å². The second-order valence-corrected chi connectivity index (χ2v) is 5.24. The number of hydrogen-bond acceptors (Lipinski definition) is 3. The van der Waals surface area contributed by atoms with Gasteiger partial charge < -0.3 is 10.6 Å². The number of rotatable bonds is 8. The summed E-state index contributed by atoms with van der Waals surface area (Å²) in [6.45, 7) is 4.49. The summed E-state index contributed by atoms with van der Waals surface area (Å²) in [7, 11) is 0. The minimum absolute atomic E-state index is 0. The molecule has 108 valence electrons. The van der Waals surface area contributed by atoms with E-state index in [1.807, 2.05) is 31.2 Å². The van der Waals surface area contributed by atoms with Crippen molar-refractivity contribution in [3.63, 3.8) is 0 Å². The van der Waals surface area contributed by atoms with Gasteiger partial charge in [0.25, 0.3) is 0 Å². The lowest BCUT2D eigenvalue weighted by molar-refractivity contribution is -0.118. The molecule has 0 atom stereocenters. The summed E-state index contributed by atoms with van der Waals surface area (Å²) >= 11 is 7.41. The summed E-state index contributed by atoms with van der Waals surface area (Å²) < 4.78 is 0. The molecule has 0 unspecified atom stereocenters. The molecule has 0 spiro atoms. The third-order valence-electron chi connectivity index (χ3n) is 2.29. The second kappa shape index (κ2) is 11.4.